The fourth-order valence-electron chi connectivity index (χ4n) is 4.36. The van der Waals surface area contributed by atoms with E-state index >= 15 is 0 Å². The normalized spacial score (nSPS) is 15.0. The number of thiazole rings is 1. The first kappa shape index (κ1) is 32.3. The van der Waals surface area contributed by atoms with Gasteiger partial charge in [0.25, 0.3) is 5.91 Å². The van der Waals surface area contributed by atoms with Crippen molar-refractivity contribution < 1.29 is 40.7 Å². The van der Waals surface area contributed by atoms with Gasteiger partial charge in [0.1, 0.15) is 0 Å². The third-order valence-corrected chi connectivity index (χ3v) is 10.4. The van der Waals surface area contributed by atoms with Crippen LogP contribution in [0.15, 0.2) is 57.2 Å². The third kappa shape index (κ3) is 7.48. The number of amides is 2. The molecule has 0 spiro atoms. The number of sulfonamides is 2. The Labute approximate surface area is 252 Å². The number of hydrogen-bond acceptors (Lipinski definition) is 10. The number of primary sulfonamides is 1. The molecule has 3 aromatic rings. The van der Waals surface area contributed by atoms with Crippen LogP contribution in [0.1, 0.15) is 30.6 Å². The number of benzene rings is 2. The Bertz CT molecular complexity index is 1810. The van der Waals surface area contributed by atoms with Gasteiger partial charge in [0.15, 0.2) is 4.80 Å². The van der Waals surface area contributed by atoms with Gasteiger partial charge in [0.2, 0.25) is 20.0 Å². The Morgan fingerprint density at radius 1 is 0.907 bits per heavy atom. The van der Waals surface area contributed by atoms with Crippen molar-refractivity contribution in [3.05, 3.63) is 52.8 Å². The first-order chi connectivity index (χ1) is 20.3. The molecule has 14 nitrogen and oxygen atoms in total. The number of hydrogen-bond donors (Lipinski definition) is 1. The number of esters is 1. The summed E-state index contributed by atoms with van der Waals surface area (Å²) in [4.78, 5) is 42.8. The molecule has 0 bridgehead atoms. The highest BCUT2D eigenvalue weighted by atomic mass is 32.2. The standard InChI is InChI=1S/C26H31N5O9S3/c1-3-39-23(32)11-12-31-21-10-9-20(42(27,35)36)17-22(21)41-25(31)28-24(33)18-5-7-19(8-6-18)43(37,38)30-15-13-29(14-16-30)26(34)40-4-2/h5-10,17H,3-4,11-16H2,1-2H3,(H2,27,35,36). The maximum absolute atomic E-state index is 13.2. The number of carbonyl (C=O) groups is 3. The van der Waals surface area contributed by atoms with Crippen molar-refractivity contribution in [3.8, 4) is 0 Å². The number of rotatable bonds is 9. The Morgan fingerprint density at radius 3 is 2.14 bits per heavy atom. The molecule has 1 saturated heterocycles. The molecule has 17 heteroatoms. The number of nitrogens with zero attached hydrogens (tertiary/aromatic N) is 4. The lowest BCUT2D eigenvalue weighted by atomic mass is 10.2. The SMILES string of the molecule is CCOC(=O)CCn1c(=NC(=O)c2ccc(S(=O)(=O)N3CCN(C(=O)OCC)CC3)cc2)sc2cc(S(N)(=O)=O)ccc21. The van der Waals surface area contributed by atoms with E-state index < -0.39 is 38.0 Å². The van der Waals surface area contributed by atoms with Gasteiger partial charge in [-0.1, -0.05) is 11.3 Å². The minimum absolute atomic E-state index is 0.0153. The fourth-order valence-corrected chi connectivity index (χ4v) is 7.49. The lowest BCUT2D eigenvalue weighted by Crippen LogP contribution is -2.50. The zero-order valence-electron chi connectivity index (χ0n) is 23.5. The van der Waals surface area contributed by atoms with E-state index in [9.17, 15) is 31.2 Å². The molecule has 0 atom stereocenters. The predicted molar refractivity (Wildman–Crippen MR) is 156 cm³/mol. The summed E-state index contributed by atoms with van der Waals surface area (Å²) in [6, 6.07) is 9.54. The Hall–Kier alpha value is -3.64. The number of aryl methyl sites for hydroxylation is 1. The largest absolute Gasteiger partial charge is 0.466 e. The number of carbonyl (C=O) groups excluding carboxylic acids is 3. The van der Waals surface area contributed by atoms with Crippen LogP contribution in [0.25, 0.3) is 10.2 Å². The second-order valence-corrected chi connectivity index (χ2v) is 13.8. The first-order valence-corrected chi connectivity index (χ1v) is 17.1. The second-order valence-electron chi connectivity index (χ2n) is 9.30. The lowest BCUT2D eigenvalue weighted by Gasteiger charge is -2.33. The van der Waals surface area contributed by atoms with E-state index in [0.717, 1.165) is 11.3 Å². The van der Waals surface area contributed by atoms with E-state index in [1.807, 2.05) is 0 Å². The molecule has 0 aliphatic carbocycles. The van der Waals surface area contributed by atoms with E-state index in [-0.39, 0.29) is 72.5 Å². The van der Waals surface area contributed by atoms with Crippen molar-refractivity contribution in [3.63, 3.8) is 0 Å². The van der Waals surface area contributed by atoms with Crippen molar-refractivity contribution >= 4 is 59.6 Å². The molecule has 2 aromatic carbocycles. The van der Waals surface area contributed by atoms with Gasteiger partial charge in [0, 0.05) is 38.3 Å². The summed E-state index contributed by atoms with van der Waals surface area (Å²) < 4.78 is 63.4. The minimum atomic E-state index is -3.98. The summed E-state index contributed by atoms with van der Waals surface area (Å²) in [7, 11) is -7.86. The molecular weight excluding hydrogens is 623 g/mol. The van der Waals surface area contributed by atoms with Gasteiger partial charge in [-0.3, -0.25) is 9.59 Å². The number of fused-ring (bicyclic) bond motifs is 1. The summed E-state index contributed by atoms with van der Waals surface area (Å²) in [5, 5.41) is 5.27. The average Bonchev–Trinajstić information content (AvgIpc) is 3.32. The highest BCUT2D eigenvalue weighted by molar-refractivity contribution is 7.89. The number of nitrogens with two attached hydrogens (primary N) is 1. The molecule has 0 saturated carbocycles. The molecule has 1 aliphatic heterocycles. The average molecular weight is 654 g/mol. The Kier molecular flexibility index (Phi) is 10.0. The molecule has 2 heterocycles. The van der Waals surface area contributed by atoms with Gasteiger partial charge in [-0.05, 0) is 56.3 Å². The predicted octanol–water partition coefficient (Wildman–Crippen LogP) is 1.51. The van der Waals surface area contributed by atoms with E-state index in [2.05, 4.69) is 4.99 Å². The van der Waals surface area contributed by atoms with Crippen molar-refractivity contribution in [1.82, 2.24) is 13.8 Å². The van der Waals surface area contributed by atoms with Gasteiger partial charge in [0.05, 0.1) is 39.6 Å². The molecule has 2 N–H and O–H groups in total. The molecule has 0 unspecified atom stereocenters. The zero-order valence-corrected chi connectivity index (χ0v) is 25.9. The monoisotopic (exact) mass is 653 g/mol. The van der Waals surface area contributed by atoms with E-state index in [4.69, 9.17) is 14.6 Å². The highest BCUT2D eigenvalue weighted by Gasteiger charge is 2.30. The molecule has 1 aliphatic rings. The molecule has 0 radical (unpaired) electrons. The van der Waals surface area contributed by atoms with Crippen molar-refractivity contribution in [2.45, 2.75) is 36.6 Å². The highest BCUT2D eigenvalue weighted by Crippen LogP contribution is 2.23. The Balaban J connectivity index is 1.59. The van der Waals surface area contributed by atoms with E-state index in [0.29, 0.717) is 10.2 Å². The van der Waals surface area contributed by atoms with Gasteiger partial charge >= 0.3 is 12.1 Å². The van der Waals surface area contributed by atoms with Gasteiger partial charge in [-0.25, -0.2) is 26.8 Å². The smallest absolute Gasteiger partial charge is 0.409 e. The maximum atomic E-state index is 13.2. The van der Waals surface area contributed by atoms with Crippen LogP contribution in [-0.4, -0.2) is 88.0 Å². The van der Waals surface area contributed by atoms with E-state index in [1.54, 1.807) is 18.4 Å². The maximum Gasteiger partial charge on any atom is 0.409 e. The van der Waals surface area contributed by atoms with Gasteiger partial charge in [-0.2, -0.15) is 9.30 Å². The van der Waals surface area contributed by atoms with Crippen LogP contribution in [0.3, 0.4) is 0 Å². The van der Waals surface area contributed by atoms with Crippen LogP contribution >= 0.6 is 11.3 Å². The molecule has 1 aromatic heterocycles. The number of aromatic nitrogens is 1. The quantitative estimate of drug-likeness (QED) is 0.334. The minimum Gasteiger partial charge on any atom is -0.466 e. The van der Waals surface area contributed by atoms with Crippen LogP contribution in [0.2, 0.25) is 0 Å². The van der Waals surface area contributed by atoms with Crippen LogP contribution < -0.4 is 9.94 Å². The third-order valence-electron chi connectivity index (χ3n) is 6.53. The number of piperazine rings is 1. The van der Waals surface area contributed by atoms with Gasteiger partial charge in [-0.15, -0.1) is 0 Å². The lowest BCUT2D eigenvalue weighted by molar-refractivity contribution is -0.143. The summed E-state index contributed by atoms with van der Waals surface area (Å²) in [6.07, 6.45) is -0.504. The summed E-state index contributed by atoms with van der Waals surface area (Å²) in [5.41, 5.74) is 0.656. The zero-order chi connectivity index (χ0) is 31.4. The topological polar surface area (TPSA) is 188 Å². The molecule has 232 valence electrons. The van der Waals surface area contributed by atoms with Crippen molar-refractivity contribution in [1.29, 1.82) is 0 Å². The summed E-state index contributed by atoms with van der Waals surface area (Å²) >= 11 is 1.04. The fraction of sp³-hybridized carbons (Fsp3) is 0.385. The molecule has 2 amide bonds. The van der Waals surface area contributed by atoms with Gasteiger partial charge < -0.3 is 18.9 Å². The molecule has 43 heavy (non-hydrogen) atoms. The number of ether oxygens (including phenoxy) is 2. The summed E-state index contributed by atoms with van der Waals surface area (Å²) in [5.74, 6) is -1.12. The van der Waals surface area contributed by atoms with Crippen LogP contribution in [0.5, 0.6) is 0 Å². The van der Waals surface area contributed by atoms with E-state index in [1.165, 1.54) is 51.7 Å². The van der Waals surface area contributed by atoms with Crippen LogP contribution in [0.4, 0.5) is 4.79 Å². The Morgan fingerprint density at radius 2 is 1.53 bits per heavy atom. The summed E-state index contributed by atoms with van der Waals surface area (Å²) in [6.45, 7) is 4.50. The second kappa shape index (κ2) is 13.3. The van der Waals surface area contributed by atoms with Crippen molar-refractivity contribution in [2.75, 3.05) is 39.4 Å². The molecule has 1 fully saturated rings. The molecular formula is C26H31N5O9S3. The first-order valence-electron chi connectivity index (χ1n) is 13.3. The molecule has 4 rings (SSSR count). The van der Waals surface area contributed by atoms with Crippen LogP contribution in [-0.2, 0) is 40.9 Å². The van der Waals surface area contributed by atoms with Crippen molar-refractivity contribution in [2.24, 2.45) is 10.1 Å². The van der Waals surface area contributed by atoms with Crippen LogP contribution in [0, 0.1) is 0 Å².